The normalized spacial score (nSPS) is 11.2. The van der Waals surface area contributed by atoms with Crippen LogP contribution in [0.5, 0.6) is 11.5 Å². The lowest BCUT2D eigenvalue weighted by Gasteiger charge is -2.15. The van der Waals surface area contributed by atoms with Crippen molar-refractivity contribution in [2.45, 2.75) is 25.5 Å². The first-order valence-corrected chi connectivity index (χ1v) is 8.89. The molecule has 0 heterocycles. The van der Waals surface area contributed by atoms with Gasteiger partial charge in [0.05, 0.1) is 14.2 Å². The zero-order valence-corrected chi connectivity index (χ0v) is 16.2. The highest BCUT2D eigenvalue weighted by molar-refractivity contribution is 5.97. The number of rotatable bonds is 10. The zero-order chi connectivity index (χ0) is 21.2. The standard InChI is InChI=1S/C21H23NO7/c1-27-17-10-8-15(12-18(17)28-2)20(24)22-16(21(25)26)9-11-19(23)29-13-14-6-4-3-5-7-14/h3-8,10,12,16H,9,11,13H2,1-2H3,(H,22,24)(H,25,26). The summed E-state index contributed by atoms with van der Waals surface area (Å²) in [6, 6.07) is 12.4. The summed E-state index contributed by atoms with van der Waals surface area (Å²) in [5.74, 6) is -1.59. The molecule has 0 aliphatic carbocycles. The van der Waals surface area contributed by atoms with Crippen molar-refractivity contribution < 1.29 is 33.7 Å². The van der Waals surface area contributed by atoms with E-state index in [2.05, 4.69) is 5.32 Å². The fourth-order valence-electron chi connectivity index (χ4n) is 2.55. The molecule has 2 aromatic carbocycles. The summed E-state index contributed by atoms with van der Waals surface area (Å²) in [4.78, 5) is 35.8. The third kappa shape index (κ3) is 6.53. The Hall–Kier alpha value is -3.55. The summed E-state index contributed by atoms with van der Waals surface area (Å²) in [5, 5.41) is 11.8. The summed E-state index contributed by atoms with van der Waals surface area (Å²) < 4.78 is 15.4. The number of methoxy groups -OCH3 is 2. The molecule has 0 radical (unpaired) electrons. The second-order valence-electron chi connectivity index (χ2n) is 6.12. The molecular formula is C21H23NO7. The van der Waals surface area contributed by atoms with E-state index in [9.17, 15) is 19.5 Å². The lowest BCUT2D eigenvalue weighted by Crippen LogP contribution is -2.41. The summed E-state index contributed by atoms with van der Waals surface area (Å²) >= 11 is 0. The average Bonchev–Trinajstić information content (AvgIpc) is 2.74. The van der Waals surface area contributed by atoms with Crippen molar-refractivity contribution in [3.63, 3.8) is 0 Å². The molecule has 0 bridgehead atoms. The Bertz CT molecular complexity index is 851. The molecule has 0 fully saturated rings. The Labute approximate surface area is 168 Å². The number of amides is 1. The molecule has 154 valence electrons. The summed E-state index contributed by atoms with van der Waals surface area (Å²) in [7, 11) is 2.90. The highest BCUT2D eigenvalue weighted by Gasteiger charge is 2.22. The number of hydrogen-bond donors (Lipinski definition) is 2. The maximum atomic E-state index is 12.4. The number of aliphatic carboxylic acids is 1. The Morgan fingerprint density at radius 3 is 2.31 bits per heavy atom. The number of benzene rings is 2. The summed E-state index contributed by atoms with van der Waals surface area (Å²) in [6.07, 6.45) is -0.238. The Morgan fingerprint density at radius 1 is 1.00 bits per heavy atom. The molecule has 2 N–H and O–H groups in total. The first-order valence-electron chi connectivity index (χ1n) is 8.89. The van der Waals surface area contributed by atoms with Gasteiger partial charge in [0.15, 0.2) is 11.5 Å². The summed E-state index contributed by atoms with van der Waals surface area (Å²) in [5.41, 5.74) is 1.04. The molecule has 0 spiro atoms. The number of carbonyl (C=O) groups excluding carboxylic acids is 2. The van der Waals surface area contributed by atoms with Crippen LogP contribution in [0.15, 0.2) is 48.5 Å². The number of ether oxygens (including phenoxy) is 3. The van der Waals surface area contributed by atoms with E-state index >= 15 is 0 Å². The van der Waals surface area contributed by atoms with E-state index in [0.717, 1.165) is 5.56 Å². The lowest BCUT2D eigenvalue weighted by molar-refractivity contribution is -0.145. The molecule has 0 saturated heterocycles. The van der Waals surface area contributed by atoms with Crippen LogP contribution >= 0.6 is 0 Å². The smallest absolute Gasteiger partial charge is 0.326 e. The number of carboxylic acids is 1. The predicted molar refractivity (Wildman–Crippen MR) is 104 cm³/mol. The molecule has 0 aromatic heterocycles. The van der Waals surface area contributed by atoms with Gasteiger partial charge in [0.25, 0.3) is 5.91 Å². The van der Waals surface area contributed by atoms with Crippen LogP contribution < -0.4 is 14.8 Å². The molecule has 0 aliphatic rings. The largest absolute Gasteiger partial charge is 0.493 e. The van der Waals surface area contributed by atoms with E-state index in [0.29, 0.717) is 11.5 Å². The number of carboxylic acid groups (broad SMARTS) is 1. The topological polar surface area (TPSA) is 111 Å². The fourth-order valence-corrected chi connectivity index (χ4v) is 2.55. The molecule has 29 heavy (non-hydrogen) atoms. The van der Waals surface area contributed by atoms with Crippen molar-refractivity contribution in [3.05, 3.63) is 59.7 Å². The highest BCUT2D eigenvalue weighted by atomic mass is 16.5. The summed E-state index contributed by atoms with van der Waals surface area (Å²) in [6.45, 7) is 0.107. The molecule has 2 rings (SSSR count). The van der Waals surface area contributed by atoms with Crippen molar-refractivity contribution in [3.8, 4) is 11.5 Å². The second kappa shape index (κ2) is 10.7. The van der Waals surface area contributed by atoms with Crippen molar-refractivity contribution >= 4 is 17.8 Å². The number of carbonyl (C=O) groups is 3. The quantitative estimate of drug-likeness (QED) is 0.588. The van der Waals surface area contributed by atoms with Gasteiger partial charge in [-0.3, -0.25) is 9.59 Å². The number of hydrogen-bond acceptors (Lipinski definition) is 6. The van der Waals surface area contributed by atoms with Crippen LogP contribution in [0, 0.1) is 0 Å². The van der Waals surface area contributed by atoms with Gasteiger partial charge < -0.3 is 24.6 Å². The first kappa shape index (κ1) is 21.7. The number of esters is 1. The van der Waals surface area contributed by atoms with Gasteiger partial charge in [-0.15, -0.1) is 0 Å². The molecule has 8 heteroatoms. The van der Waals surface area contributed by atoms with E-state index in [1.165, 1.54) is 26.4 Å². The van der Waals surface area contributed by atoms with Gasteiger partial charge in [-0.1, -0.05) is 30.3 Å². The predicted octanol–water partition coefficient (Wildman–Crippen LogP) is 2.41. The fraction of sp³-hybridized carbons (Fsp3) is 0.286. The van der Waals surface area contributed by atoms with Crippen molar-refractivity contribution in [2.24, 2.45) is 0 Å². The van der Waals surface area contributed by atoms with E-state index in [1.807, 2.05) is 30.3 Å². The highest BCUT2D eigenvalue weighted by Crippen LogP contribution is 2.27. The van der Waals surface area contributed by atoms with Gasteiger partial charge in [-0.05, 0) is 30.2 Å². The van der Waals surface area contributed by atoms with Gasteiger partial charge in [0.2, 0.25) is 0 Å². The van der Waals surface area contributed by atoms with Crippen LogP contribution in [0.4, 0.5) is 0 Å². The van der Waals surface area contributed by atoms with Crippen LogP contribution in [0.2, 0.25) is 0 Å². The average molecular weight is 401 g/mol. The Kier molecular flexibility index (Phi) is 8.02. The third-order valence-corrected chi connectivity index (χ3v) is 4.13. The molecule has 8 nitrogen and oxygen atoms in total. The van der Waals surface area contributed by atoms with E-state index in [4.69, 9.17) is 14.2 Å². The van der Waals surface area contributed by atoms with Crippen LogP contribution in [-0.4, -0.2) is 43.2 Å². The van der Waals surface area contributed by atoms with Gasteiger partial charge in [-0.25, -0.2) is 4.79 Å². The van der Waals surface area contributed by atoms with E-state index < -0.39 is 23.9 Å². The van der Waals surface area contributed by atoms with Gasteiger partial charge in [0, 0.05) is 12.0 Å². The van der Waals surface area contributed by atoms with Crippen molar-refractivity contribution in [1.29, 1.82) is 0 Å². The van der Waals surface area contributed by atoms with Gasteiger partial charge in [0.1, 0.15) is 12.6 Å². The SMILES string of the molecule is COc1ccc(C(=O)NC(CCC(=O)OCc2ccccc2)C(=O)O)cc1OC. The van der Waals surface area contributed by atoms with Crippen molar-refractivity contribution in [2.75, 3.05) is 14.2 Å². The molecule has 0 saturated carbocycles. The minimum absolute atomic E-state index is 0.0953. The van der Waals surface area contributed by atoms with Crippen LogP contribution in [-0.2, 0) is 20.9 Å². The van der Waals surface area contributed by atoms with Crippen LogP contribution in [0.3, 0.4) is 0 Å². The maximum absolute atomic E-state index is 12.4. The lowest BCUT2D eigenvalue weighted by atomic mass is 10.1. The minimum Gasteiger partial charge on any atom is -0.493 e. The Morgan fingerprint density at radius 2 is 1.69 bits per heavy atom. The third-order valence-electron chi connectivity index (χ3n) is 4.13. The second-order valence-corrected chi connectivity index (χ2v) is 6.12. The van der Waals surface area contributed by atoms with Gasteiger partial charge >= 0.3 is 11.9 Å². The van der Waals surface area contributed by atoms with Gasteiger partial charge in [-0.2, -0.15) is 0 Å². The molecule has 1 amide bonds. The molecule has 0 aliphatic heterocycles. The van der Waals surface area contributed by atoms with Crippen LogP contribution in [0.25, 0.3) is 0 Å². The van der Waals surface area contributed by atoms with Crippen LogP contribution in [0.1, 0.15) is 28.8 Å². The zero-order valence-electron chi connectivity index (χ0n) is 16.2. The monoisotopic (exact) mass is 401 g/mol. The molecular weight excluding hydrogens is 378 g/mol. The molecule has 1 atom stereocenters. The maximum Gasteiger partial charge on any atom is 0.326 e. The van der Waals surface area contributed by atoms with E-state index in [1.54, 1.807) is 6.07 Å². The minimum atomic E-state index is -1.24. The van der Waals surface area contributed by atoms with Crippen molar-refractivity contribution in [1.82, 2.24) is 5.32 Å². The van der Waals surface area contributed by atoms with E-state index in [-0.39, 0.29) is 25.0 Å². The Balaban J connectivity index is 1.91. The number of nitrogens with one attached hydrogen (secondary N) is 1. The molecule has 2 aromatic rings. The first-order chi connectivity index (χ1) is 13.9. The molecule has 1 unspecified atom stereocenters.